The summed E-state index contributed by atoms with van der Waals surface area (Å²) in [6, 6.07) is 11.9. The Kier molecular flexibility index (Phi) is 5.58. The Morgan fingerprint density at radius 3 is 2.35 bits per heavy atom. The number of carboxylic acid groups (broad SMARTS) is 1. The zero-order valence-electron chi connectivity index (χ0n) is 16.2. The number of rotatable bonds is 4. The van der Waals surface area contributed by atoms with E-state index in [0.717, 1.165) is 54.9 Å². The highest BCUT2D eigenvalue weighted by molar-refractivity contribution is 7.15. The summed E-state index contributed by atoms with van der Waals surface area (Å²) in [5, 5.41) is 14.3. The minimum atomic E-state index is -4.49. The van der Waals surface area contributed by atoms with Crippen LogP contribution >= 0.6 is 11.3 Å². The number of carboxylic acids is 1. The standard InChI is InChI=1S/C23H18F3NO3S/c24-23(25,26)17-9-7-14(8-10-17)20(28)27-21-19(22(29)30)18(12-31-21)16-6-5-13-3-1-2-4-15(13)11-16/h1-4,7-10,12,16H,5-6,11H2,(H,27,28)(H,29,30). The van der Waals surface area contributed by atoms with Gasteiger partial charge in [-0.3, -0.25) is 4.79 Å². The largest absolute Gasteiger partial charge is 0.478 e. The van der Waals surface area contributed by atoms with Crippen LogP contribution in [0.1, 0.15) is 55.3 Å². The fraction of sp³-hybridized carbons (Fsp3) is 0.217. The summed E-state index contributed by atoms with van der Waals surface area (Å²) in [5.74, 6) is -1.77. The van der Waals surface area contributed by atoms with Crippen LogP contribution in [0.4, 0.5) is 18.2 Å². The number of fused-ring (bicyclic) bond motifs is 1. The van der Waals surface area contributed by atoms with Gasteiger partial charge in [-0.25, -0.2) is 4.79 Å². The topological polar surface area (TPSA) is 66.4 Å². The average Bonchev–Trinajstić information content (AvgIpc) is 3.16. The van der Waals surface area contributed by atoms with Crippen LogP contribution in [-0.2, 0) is 19.0 Å². The smallest absolute Gasteiger partial charge is 0.416 e. The van der Waals surface area contributed by atoms with Crippen molar-refractivity contribution in [3.05, 3.63) is 87.3 Å². The number of aromatic carboxylic acids is 1. The van der Waals surface area contributed by atoms with E-state index in [4.69, 9.17) is 0 Å². The highest BCUT2D eigenvalue weighted by Crippen LogP contribution is 2.40. The van der Waals surface area contributed by atoms with E-state index in [1.54, 1.807) is 5.38 Å². The summed E-state index contributed by atoms with van der Waals surface area (Å²) < 4.78 is 38.2. The molecule has 0 saturated heterocycles. The SMILES string of the molecule is O=C(Nc1scc(C2CCc3ccccc3C2)c1C(=O)O)c1ccc(C(F)(F)F)cc1. The van der Waals surface area contributed by atoms with Gasteiger partial charge in [0.1, 0.15) is 5.00 Å². The van der Waals surface area contributed by atoms with Crippen molar-refractivity contribution in [2.24, 2.45) is 0 Å². The van der Waals surface area contributed by atoms with E-state index in [-0.39, 0.29) is 22.0 Å². The molecule has 0 bridgehead atoms. The van der Waals surface area contributed by atoms with Crippen molar-refractivity contribution in [1.82, 2.24) is 0 Å². The molecule has 0 spiro atoms. The molecule has 160 valence electrons. The van der Waals surface area contributed by atoms with E-state index in [0.29, 0.717) is 5.56 Å². The van der Waals surface area contributed by atoms with Gasteiger partial charge in [-0.05, 0) is 71.5 Å². The van der Waals surface area contributed by atoms with Crippen LogP contribution in [0.25, 0.3) is 0 Å². The van der Waals surface area contributed by atoms with E-state index in [2.05, 4.69) is 11.4 Å². The van der Waals surface area contributed by atoms with Gasteiger partial charge in [0.15, 0.2) is 0 Å². The fourth-order valence-electron chi connectivity index (χ4n) is 3.93. The minimum Gasteiger partial charge on any atom is -0.478 e. The van der Waals surface area contributed by atoms with Gasteiger partial charge in [0.25, 0.3) is 5.91 Å². The van der Waals surface area contributed by atoms with E-state index in [1.165, 1.54) is 11.1 Å². The fourth-order valence-corrected chi connectivity index (χ4v) is 4.96. The molecule has 3 aromatic rings. The van der Waals surface area contributed by atoms with Gasteiger partial charge in [-0.2, -0.15) is 13.2 Å². The van der Waals surface area contributed by atoms with E-state index in [9.17, 15) is 27.9 Å². The molecule has 0 saturated carbocycles. The van der Waals surface area contributed by atoms with Crippen LogP contribution in [0, 0.1) is 0 Å². The highest BCUT2D eigenvalue weighted by atomic mass is 32.1. The summed E-state index contributed by atoms with van der Waals surface area (Å²) in [5.41, 5.74) is 2.35. The third-order valence-electron chi connectivity index (χ3n) is 5.52. The van der Waals surface area contributed by atoms with Crippen molar-refractivity contribution in [2.75, 3.05) is 5.32 Å². The molecule has 1 aromatic heterocycles. The number of thiophene rings is 1. The molecule has 1 aliphatic carbocycles. The number of carbonyl (C=O) groups excluding carboxylic acids is 1. The molecule has 8 heteroatoms. The Bertz CT molecular complexity index is 1140. The third kappa shape index (κ3) is 4.34. The molecule has 1 heterocycles. The number of aryl methyl sites for hydroxylation is 1. The average molecular weight is 445 g/mol. The second-order valence-corrected chi connectivity index (χ2v) is 8.32. The molecule has 2 N–H and O–H groups in total. The molecule has 0 radical (unpaired) electrons. The molecule has 31 heavy (non-hydrogen) atoms. The van der Waals surface area contributed by atoms with Gasteiger partial charge < -0.3 is 10.4 Å². The summed E-state index contributed by atoms with van der Waals surface area (Å²) >= 11 is 1.12. The third-order valence-corrected chi connectivity index (χ3v) is 6.44. The first-order chi connectivity index (χ1) is 14.7. The summed E-state index contributed by atoms with van der Waals surface area (Å²) in [7, 11) is 0. The Morgan fingerprint density at radius 1 is 1.03 bits per heavy atom. The first-order valence-corrected chi connectivity index (χ1v) is 10.5. The summed E-state index contributed by atoms with van der Waals surface area (Å²) in [6.45, 7) is 0. The Labute approximate surface area is 180 Å². The van der Waals surface area contributed by atoms with E-state index < -0.39 is 23.6 Å². The van der Waals surface area contributed by atoms with Gasteiger partial charge in [0.05, 0.1) is 11.1 Å². The lowest BCUT2D eigenvalue weighted by atomic mass is 9.80. The lowest BCUT2D eigenvalue weighted by molar-refractivity contribution is -0.137. The summed E-state index contributed by atoms with van der Waals surface area (Å²) in [4.78, 5) is 24.5. The monoisotopic (exact) mass is 445 g/mol. The number of nitrogens with one attached hydrogen (secondary N) is 1. The number of amides is 1. The molecule has 1 amide bonds. The normalized spacial score (nSPS) is 15.9. The van der Waals surface area contributed by atoms with Crippen LogP contribution in [0.5, 0.6) is 0 Å². The molecule has 1 unspecified atom stereocenters. The number of halogens is 3. The van der Waals surface area contributed by atoms with Crippen molar-refractivity contribution in [1.29, 1.82) is 0 Å². The highest BCUT2D eigenvalue weighted by Gasteiger charge is 2.31. The zero-order valence-corrected chi connectivity index (χ0v) is 17.0. The molecular formula is C23H18F3NO3S. The first kappa shape index (κ1) is 21.1. The van der Waals surface area contributed by atoms with Crippen molar-refractivity contribution < 1.29 is 27.9 Å². The predicted octanol–water partition coefficient (Wildman–Crippen LogP) is 5.99. The maximum atomic E-state index is 12.7. The summed E-state index contributed by atoms with van der Waals surface area (Å²) in [6.07, 6.45) is -2.12. The van der Waals surface area contributed by atoms with Crippen LogP contribution < -0.4 is 5.32 Å². The van der Waals surface area contributed by atoms with Gasteiger partial charge in [-0.15, -0.1) is 11.3 Å². The lowest BCUT2D eigenvalue weighted by Gasteiger charge is -2.24. The molecule has 0 fully saturated rings. The van der Waals surface area contributed by atoms with Gasteiger partial charge >= 0.3 is 12.1 Å². The van der Waals surface area contributed by atoms with Gasteiger partial charge in [0.2, 0.25) is 0 Å². The second kappa shape index (κ2) is 8.19. The van der Waals surface area contributed by atoms with Crippen LogP contribution in [0.15, 0.2) is 53.9 Å². The first-order valence-electron chi connectivity index (χ1n) is 9.64. The Balaban J connectivity index is 1.57. The number of hydrogen-bond acceptors (Lipinski definition) is 3. The Morgan fingerprint density at radius 2 is 1.71 bits per heavy atom. The molecule has 1 aliphatic rings. The second-order valence-electron chi connectivity index (χ2n) is 7.44. The minimum absolute atomic E-state index is 0.0193. The Hall–Kier alpha value is -3.13. The molecule has 4 rings (SSSR count). The molecule has 4 nitrogen and oxygen atoms in total. The number of anilines is 1. The number of benzene rings is 2. The lowest BCUT2D eigenvalue weighted by Crippen LogP contribution is -2.17. The molecule has 0 aliphatic heterocycles. The molecule has 2 aromatic carbocycles. The molecular weight excluding hydrogens is 427 g/mol. The number of hydrogen-bond donors (Lipinski definition) is 2. The predicted molar refractivity (Wildman–Crippen MR) is 112 cm³/mol. The van der Waals surface area contributed by atoms with Crippen LogP contribution in [-0.4, -0.2) is 17.0 Å². The maximum Gasteiger partial charge on any atom is 0.416 e. The van der Waals surface area contributed by atoms with E-state index in [1.807, 2.05) is 18.2 Å². The van der Waals surface area contributed by atoms with Crippen molar-refractivity contribution >= 4 is 28.2 Å². The van der Waals surface area contributed by atoms with Crippen molar-refractivity contribution in [2.45, 2.75) is 31.4 Å². The number of alkyl halides is 3. The van der Waals surface area contributed by atoms with Crippen molar-refractivity contribution in [3.8, 4) is 0 Å². The van der Waals surface area contributed by atoms with E-state index >= 15 is 0 Å². The van der Waals surface area contributed by atoms with Gasteiger partial charge in [0, 0.05) is 5.56 Å². The maximum absolute atomic E-state index is 12.7. The van der Waals surface area contributed by atoms with Crippen molar-refractivity contribution in [3.63, 3.8) is 0 Å². The van der Waals surface area contributed by atoms with Gasteiger partial charge in [-0.1, -0.05) is 24.3 Å². The number of carbonyl (C=O) groups is 2. The quantitative estimate of drug-likeness (QED) is 0.518. The van der Waals surface area contributed by atoms with Crippen LogP contribution in [0.2, 0.25) is 0 Å². The zero-order chi connectivity index (χ0) is 22.2. The van der Waals surface area contributed by atoms with Crippen LogP contribution in [0.3, 0.4) is 0 Å². The molecule has 1 atom stereocenters.